The van der Waals surface area contributed by atoms with Crippen molar-refractivity contribution in [3.05, 3.63) is 33.8 Å². The number of carboxylic acids is 1. The lowest BCUT2D eigenvalue weighted by Crippen LogP contribution is -2.38. The van der Waals surface area contributed by atoms with Crippen LogP contribution in [0.1, 0.15) is 28.8 Å². The number of carbonyl (C=O) groups is 1. The first-order valence-electron chi connectivity index (χ1n) is 6.58. The molecular weight excluding hydrogens is 351 g/mol. The van der Waals surface area contributed by atoms with Crippen LogP contribution < -0.4 is 0 Å². The molecule has 0 radical (unpaired) electrons. The molecular formula is C14H15BrF3NO2. The van der Waals surface area contributed by atoms with E-state index in [9.17, 15) is 18.0 Å². The fraction of sp³-hybridized carbons (Fsp3) is 0.500. The van der Waals surface area contributed by atoms with Crippen LogP contribution in [0.3, 0.4) is 0 Å². The van der Waals surface area contributed by atoms with E-state index in [0.717, 1.165) is 4.47 Å². The van der Waals surface area contributed by atoms with E-state index in [-0.39, 0.29) is 18.4 Å². The van der Waals surface area contributed by atoms with Crippen LogP contribution in [0.4, 0.5) is 13.2 Å². The normalized spacial score (nSPS) is 17.9. The second-order valence-electron chi connectivity index (χ2n) is 5.20. The van der Waals surface area contributed by atoms with Crippen molar-refractivity contribution >= 4 is 21.9 Å². The molecule has 3 nitrogen and oxygen atoms in total. The number of halogens is 4. The predicted molar refractivity (Wildman–Crippen MR) is 75.2 cm³/mol. The molecule has 2 rings (SSSR count). The molecule has 0 bridgehead atoms. The molecule has 1 saturated heterocycles. The van der Waals surface area contributed by atoms with Crippen LogP contribution in [-0.4, -0.2) is 35.2 Å². The Hall–Kier alpha value is -1.08. The highest BCUT2D eigenvalue weighted by Crippen LogP contribution is 2.34. The summed E-state index contributed by atoms with van der Waals surface area (Å²) < 4.78 is 38.6. The maximum atomic E-state index is 12.6. The van der Waals surface area contributed by atoms with Crippen LogP contribution in [0.2, 0.25) is 0 Å². The van der Waals surface area contributed by atoms with Crippen LogP contribution in [0.5, 0.6) is 0 Å². The molecule has 21 heavy (non-hydrogen) atoms. The van der Waals surface area contributed by atoms with E-state index in [1.54, 1.807) is 12.1 Å². The number of rotatable bonds is 3. The zero-order valence-electron chi connectivity index (χ0n) is 11.2. The van der Waals surface area contributed by atoms with Gasteiger partial charge in [-0.05, 0) is 49.7 Å². The third-order valence-corrected chi connectivity index (χ3v) is 4.24. The summed E-state index contributed by atoms with van der Waals surface area (Å²) in [6.45, 7) is 1.01. The fourth-order valence-corrected chi connectivity index (χ4v) is 2.97. The largest absolute Gasteiger partial charge is 0.478 e. The van der Waals surface area contributed by atoms with E-state index < -0.39 is 18.1 Å². The highest BCUT2D eigenvalue weighted by atomic mass is 79.9. The Morgan fingerprint density at radius 3 is 2.48 bits per heavy atom. The molecule has 1 aromatic rings. The minimum absolute atomic E-state index is 0.0694. The summed E-state index contributed by atoms with van der Waals surface area (Å²) in [5.74, 6) is -2.27. The standard InChI is InChI=1S/C14H15BrF3NO2/c15-11-1-2-12(13(20)21)9(7-11)8-19-5-3-10(4-6-19)14(16,17)18/h1-2,7,10H,3-6,8H2,(H,20,21). The zero-order valence-corrected chi connectivity index (χ0v) is 12.7. The van der Waals surface area contributed by atoms with Crippen molar-refractivity contribution < 1.29 is 23.1 Å². The van der Waals surface area contributed by atoms with Gasteiger partial charge in [0.05, 0.1) is 11.5 Å². The molecule has 116 valence electrons. The second kappa shape index (κ2) is 6.36. The maximum absolute atomic E-state index is 12.6. The van der Waals surface area contributed by atoms with Crippen LogP contribution >= 0.6 is 15.9 Å². The first-order chi connectivity index (χ1) is 9.77. The van der Waals surface area contributed by atoms with Gasteiger partial charge in [-0.1, -0.05) is 15.9 Å². The van der Waals surface area contributed by atoms with Gasteiger partial charge in [-0.15, -0.1) is 0 Å². The topological polar surface area (TPSA) is 40.5 Å². The summed E-state index contributed by atoms with van der Waals surface area (Å²) >= 11 is 3.29. The number of aromatic carboxylic acids is 1. The van der Waals surface area contributed by atoms with Crippen LogP contribution in [0.25, 0.3) is 0 Å². The molecule has 7 heteroatoms. The highest BCUT2D eigenvalue weighted by molar-refractivity contribution is 9.10. The van der Waals surface area contributed by atoms with E-state index in [2.05, 4.69) is 15.9 Å². The van der Waals surface area contributed by atoms with Gasteiger partial charge in [-0.3, -0.25) is 4.90 Å². The molecule has 0 unspecified atom stereocenters. The minimum atomic E-state index is -4.13. The van der Waals surface area contributed by atoms with Gasteiger partial charge in [-0.2, -0.15) is 13.2 Å². The van der Waals surface area contributed by atoms with Gasteiger partial charge in [-0.25, -0.2) is 4.79 Å². The van der Waals surface area contributed by atoms with Crippen molar-refractivity contribution in [2.24, 2.45) is 5.92 Å². The monoisotopic (exact) mass is 365 g/mol. The van der Waals surface area contributed by atoms with Gasteiger partial charge in [0.1, 0.15) is 0 Å². The van der Waals surface area contributed by atoms with Gasteiger partial charge in [0.2, 0.25) is 0 Å². The van der Waals surface area contributed by atoms with E-state index >= 15 is 0 Å². The first-order valence-corrected chi connectivity index (χ1v) is 7.37. The Labute approximate surface area is 128 Å². The molecule has 1 fully saturated rings. The summed E-state index contributed by atoms with van der Waals surface area (Å²) in [4.78, 5) is 13.0. The first kappa shape index (κ1) is 16.3. The number of carboxylic acid groups (broad SMARTS) is 1. The average Bonchev–Trinajstić information content (AvgIpc) is 2.38. The Bertz CT molecular complexity index is 525. The van der Waals surface area contributed by atoms with Gasteiger partial charge < -0.3 is 5.11 Å². The SMILES string of the molecule is O=C(O)c1ccc(Br)cc1CN1CCC(C(F)(F)F)CC1. The maximum Gasteiger partial charge on any atom is 0.391 e. The van der Waals surface area contributed by atoms with Crippen LogP contribution in [-0.2, 0) is 6.54 Å². The fourth-order valence-electron chi connectivity index (χ4n) is 2.56. The lowest BCUT2D eigenvalue weighted by Gasteiger charge is -2.33. The Morgan fingerprint density at radius 2 is 1.95 bits per heavy atom. The number of alkyl halides is 3. The Morgan fingerprint density at radius 1 is 1.33 bits per heavy atom. The lowest BCUT2D eigenvalue weighted by atomic mass is 9.95. The van der Waals surface area contributed by atoms with Crippen molar-refractivity contribution in [2.75, 3.05) is 13.1 Å². The molecule has 1 aliphatic heterocycles. The van der Waals surface area contributed by atoms with E-state index in [4.69, 9.17) is 5.11 Å². The molecule has 0 amide bonds. The molecule has 1 N–H and O–H groups in total. The van der Waals surface area contributed by atoms with E-state index in [1.807, 2.05) is 4.90 Å². The predicted octanol–water partition coefficient (Wildman–Crippen LogP) is 3.92. The number of benzene rings is 1. The van der Waals surface area contributed by atoms with Crippen molar-refractivity contribution in [2.45, 2.75) is 25.6 Å². The van der Waals surface area contributed by atoms with Gasteiger partial charge in [0.15, 0.2) is 0 Å². The molecule has 0 aromatic heterocycles. The minimum Gasteiger partial charge on any atom is -0.478 e. The van der Waals surface area contributed by atoms with Crippen molar-refractivity contribution in [3.8, 4) is 0 Å². The van der Waals surface area contributed by atoms with Crippen molar-refractivity contribution in [3.63, 3.8) is 0 Å². The number of likely N-dealkylation sites (tertiary alicyclic amines) is 1. The molecule has 1 aliphatic rings. The Balaban J connectivity index is 2.04. The smallest absolute Gasteiger partial charge is 0.391 e. The summed E-state index contributed by atoms with van der Waals surface area (Å²) in [5, 5.41) is 9.15. The van der Waals surface area contributed by atoms with Crippen molar-refractivity contribution in [1.29, 1.82) is 0 Å². The van der Waals surface area contributed by atoms with Crippen LogP contribution in [0, 0.1) is 5.92 Å². The molecule has 1 heterocycles. The summed E-state index contributed by atoms with van der Waals surface area (Å²) in [7, 11) is 0. The van der Waals surface area contributed by atoms with Gasteiger partial charge in [0.25, 0.3) is 0 Å². The third-order valence-electron chi connectivity index (χ3n) is 3.74. The van der Waals surface area contributed by atoms with Crippen molar-refractivity contribution in [1.82, 2.24) is 4.90 Å². The third kappa shape index (κ3) is 4.20. The Kier molecular flexibility index (Phi) is 4.93. The zero-order chi connectivity index (χ0) is 15.6. The van der Waals surface area contributed by atoms with E-state index in [1.165, 1.54) is 6.07 Å². The quantitative estimate of drug-likeness (QED) is 0.882. The van der Waals surface area contributed by atoms with Gasteiger partial charge in [0, 0.05) is 11.0 Å². The van der Waals surface area contributed by atoms with E-state index in [0.29, 0.717) is 25.2 Å². The molecule has 0 aliphatic carbocycles. The average molecular weight is 366 g/mol. The lowest BCUT2D eigenvalue weighted by molar-refractivity contribution is -0.185. The molecule has 0 saturated carbocycles. The summed E-state index contributed by atoms with van der Waals surface area (Å²) in [5.41, 5.74) is 0.804. The number of hydrogen-bond acceptors (Lipinski definition) is 2. The van der Waals surface area contributed by atoms with Gasteiger partial charge >= 0.3 is 12.1 Å². The molecule has 0 spiro atoms. The summed E-state index contributed by atoms with van der Waals surface area (Å²) in [6.07, 6.45) is -3.99. The second-order valence-corrected chi connectivity index (χ2v) is 6.11. The number of piperidine rings is 1. The van der Waals surface area contributed by atoms with Crippen LogP contribution in [0.15, 0.2) is 22.7 Å². The molecule has 0 atom stereocenters. The number of hydrogen-bond donors (Lipinski definition) is 1. The molecule has 1 aromatic carbocycles. The summed E-state index contributed by atoms with van der Waals surface area (Å²) in [6, 6.07) is 4.85. The number of nitrogens with zero attached hydrogens (tertiary/aromatic N) is 1. The highest BCUT2D eigenvalue weighted by Gasteiger charge is 2.41.